The highest BCUT2D eigenvalue weighted by Crippen LogP contribution is 2.24. The minimum atomic E-state index is -1.35. The summed E-state index contributed by atoms with van der Waals surface area (Å²) in [5, 5.41) is 21.6. The van der Waals surface area contributed by atoms with Gasteiger partial charge in [-0.05, 0) is 17.5 Å². The minimum Gasteiger partial charge on any atom is -0.493 e. The van der Waals surface area contributed by atoms with Crippen molar-refractivity contribution in [2.24, 2.45) is 0 Å². The van der Waals surface area contributed by atoms with Crippen LogP contribution in [0.15, 0.2) is 35.7 Å². The molecule has 0 spiro atoms. The number of carboxylic acids is 1. The van der Waals surface area contributed by atoms with Gasteiger partial charge in [-0.25, -0.2) is 4.79 Å². The molecule has 0 aliphatic carbocycles. The molecule has 1 heterocycles. The Bertz CT molecular complexity index is 624. The van der Waals surface area contributed by atoms with Gasteiger partial charge in [0.05, 0.1) is 11.5 Å². The molecule has 0 aliphatic heterocycles. The maximum Gasteiger partial charge on any atom is 0.342 e. The molecule has 0 amide bonds. The predicted octanol–water partition coefficient (Wildman–Crippen LogP) is 2.98. The fourth-order valence-electron chi connectivity index (χ4n) is 1.66. The van der Waals surface area contributed by atoms with E-state index in [4.69, 9.17) is 9.84 Å². The van der Waals surface area contributed by atoms with Crippen molar-refractivity contribution in [3.05, 3.63) is 56.3 Å². The molecule has 1 aromatic carbocycles. The van der Waals surface area contributed by atoms with E-state index < -0.39 is 16.6 Å². The number of rotatable bonds is 6. The van der Waals surface area contributed by atoms with Crippen molar-refractivity contribution >= 4 is 23.0 Å². The predicted molar refractivity (Wildman–Crippen MR) is 73.6 cm³/mol. The summed E-state index contributed by atoms with van der Waals surface area (Å²) in [7, 11) is 0. The second kappa shape index (κ2) is 6.16. The fraction of sp³-hybridized carbons (Fsp3) is 0.154. The number of nitro groups is 1. The Morgan fingerprint density at radius 3 is 2.80 bits per heavy atom. The quantitative estimate of drug-likeness (QED) is 0.653. The van der Waals surface area contributed by atoms with Gasteiger partial charge in [0.2, 0.25) is 0 Å². The average molecular weight is 293 g/mol. The Morgan fingerprint density at radius 2 is 2.20 bits per heavy atom. The number of ether oxygens (including phenoxy) is 1. The zero-order valence-electron chi connectivity index (χ0n) is 10.3. The topological polar surface area (TPSA) is 89.7 Å². The lowest BCUT2D eigenvalue weighted by Crippen LogP contribution is -2.05. The zero-order chi connectivity index (χ0) is 14.5. The van der Waals surface area contributed by atoms with Crippen LogP contribution in [0.4, 0.5) is 5.69 Å². The van der Waals surface area contributed by atoms with E-state index in [0.717, 1.165) is 10.9 Å². The molecule has 0 radical (unpaired) electrons. The first-order valence-electron chi connectivity index (χ1n) is 5.75. The second-order valence-electron chi connectivity index (χ2n) is 3.92. The van der Waals surface area contributed by atoms with Crippen LogP contribution in [0.25, 0.3) is 0 Å². The van der Waals surface area contributed by atoms with Gasteiger partial charge in [0.1, 0.15) is 11.3 Å². The van der Waals surface area contributed by atoms with Crippen molar-refractivity contribution < 1.29 is 19.6 Å². The number of benzene rings is 1. The van der Waals surface area contributed by atoms with E-state index >= 15 is 0 Å². The van der Waals surface area contributed by atoms with E-state index in [1.165, 1.54) is 12.1 Å². The number of hydrogen-bond donors (Lipinski definition) is 1. The second-order valence-corrected chi connectivity index (χ2v) is 4.95. The van der Waals surface area contributed by atoms with Gasteiger partial charge < -0.3 is 9.84 Å². The van der Waals surface area contributed by atoms with Crippen molar-refractivity contribution in [2.75, 3.05) is 6.61 Å². The van der Waals surface area contributed by atoms with Crippen LogP contribution in [0.5, 0.6) is 5.75 Å². The third-order valence-electron chi connectivity index (χ3n) is 2.59. The van der Waals surface area contributed by atoms with Gasteiger partial charge in [-0.2, -0.15) is 0 Å². The maximum absolute atomic E-state index is 11.0. The summed E-state index contributed by atoms with van der Waals surface area (Å²) in [6.45, 7) is 0.386. The Kier molecular flexibility index (Phi) is 4.31. The van der Waals surface area contributed by atoms with Crippen molar-refractivity contribution in [1.29, 1.82) is 0 Å². The summed E-state index contributed by atoms with van der Waals surface area (Å²) >= 11 is 1.61. The monoisotopic (exact) mass is 293 g/mol. The average Bonchev–Trinajstić information content (AvgIpc) is 2.91. The van der Waals surface area contributed by atoms with Gasteiger partial charge in [0, 0.05) is 23.4 Å². The lowest BCUT2D eigenvalue weighted by molar-refractivity contribution is -0.385. The van der Waals surface area contributed by atoms with Crippen molar-refractivity contribution in [3.8, 4) is 5.75 Å². The van der Waals surface area contributed by atoms with Crippen LogP contribution in [0.3, 0.4) is 0 Å². The van der Waals surface area contributed by atoms with E-state index in [2.05, 4.69) is 0 Å². The molecule has 6 nitrogen and oxygen atoms in total. The van der Waals surface area contributed by atoms with Crippen LogP contribution >= 0.6 is 11.3 Å². The van der Waals surface area contributed by atoms with Crippen LogP contribution in [0.2, 0.25) is 0 Å². The van der Waals surface area contributed by atoms with Crippen molar-refractivity contribution in [3.63, 3.8) is 0 Å². The molecule has 0 saturated carbocycles. The van der Waals surface area contributed by atoms with E-state index in [-0.39, 0.29) is 5.56 Å². The van der Waals surface area contributed by atoms with Crippen LogP contribution < -0.4 is 4.74 Å². The van der Waals surface area contributed by atoms with Gasteiger partial charge in [0.25, 0.3) is 5.69 Å². The Morgan fingerprint density at radius 1 is 1.40 bits per heavy atom. The molecular weight excluding hydrogens is 282 g/mol. The lowest BCUT2D eigenvalue weighted by atomic mass is 10.1. The molecule has 7 heteroatoms. The zero-order valence-corrected chi connectivity index (χ0v) is 11.1. The molecule has 0 aliphatic rings. The Hall–Kier alpha value is -2.41. The van der Waals surface area contributed by atoms with Gasteiger partial charge >= 0.3 is 5.97 Å². The third kappa shape index (κ3) is 3.33. The molecular formula is C13H11NO5S. The number of carbonyl (C=O) groups is 1. The number of hydrogen-bond acceptors (Lipinski definition) is 5. The van der Waals surface area contributed by atoms with Crippen LogP contribution in [-0.2, 0) is 6.42 Å². The summed E-state index contributed by atoms with van der Waals surface area (Å²) in [6, 6.07) is 7.64. The highest BCUT2D eigenvalue weighted by Gasteiger charge is 2.20. The van der Waals surface area contributed by atoms with Gasteiger partial charge in [0.15, 0.2) is 0 Å². The van der Waals surface area contributed by atoms with E-state index in [1.54, 1.807) is 11.3 Å². The molecule has 104 valence electrons. The number of nitrogens with zero attached hydrogens (tertiary/aromatic N) is 1. The first-order valence-corrected chi connectivity index (χ1v) is 6.63. The highest BCUT2D eigenvalue weighted by atomic mass is 32.1. The van der Waals surface area contributed by atoms with Crippen LogP contribution in [0, 0.1) is 10.1 Å². The van der Waals surface area contributed by atoms with Crippen molar-refractivity contribution in [1.82, 2.24) is 0 Å². The molecule has 0 atom stereocenters. The minimum absolute atomic E-state index is 0.310. The third-order valence-corrected chi connectivity index (χ3v) is 3.53. The molecule has 0 bridgehead atoms. The number of nitro benzene ring substituents is 1. The fourth-order valence-corrected chi connectivity index (χ4v) is 2.35. The molecule has 0 saturated heterocycles. The SMILES string of the molecule is O=C(O)c1cc(OCCc2cccs2)ccc1[N+](=O)[O-]. The molecule has 1 aromatic heterocycles. The van der Waals surface area contributed by atoms with Gasteiger partial charge in [-0.1, -0.05) is 6.07 Å². The summed E-state index contributed by atoms with van der Waals surface area (Å²) in [4.78, 5) is 22.1. The standard InChI is InChI=1S/C13H11NO5S/c15-13(16)11-8-9(3-4-12(11)14(17)18)19-6-5-10-2-1-7-20-10/h1-4,7-8H,5-6H2,(H,15,16). The molecule has 0 fully saturated rings. The van der Waals surface area contributed by atoms with E-state index in [9.17, 15) is 14.9 Å². The molecule has 1 N–H and O–H groups in total. The smallest absolute Gasteiger partial charge is 0.342 e. The number of aromatic carboxylic acids is 1. The van der Waals surface area contributed by atoms with Gasteiger partial charge in [-0.15, -0.1) is 11.3 Å². The maximum atomic E-state index is 11.0. The van der Waals surface area contributed by atoms with Crippen molar-refractivity contribution in [2.45, 2.75) is 6.42 Å². The summed E-state index contributed by atoms with van der Waals surface area (Å²) < 4.78 is 5.43. The summed E-state index contributed by atoms with van der Waals surface area (Å²) in [5.41, 5.74) is -0.813. The lowest BCUT2D eigenvalue weighted by Gasteiger charge is -2.06. The Balaban J connectivity index is 2.07. The summed E-state index contributed by atoms with van der Waals surface area (Å²) in [5.74, 6) is -1.04. The highest BCUT2D eigenvalue weighted by molar-refractivity contribution is 7.09. The first-order chi connectivity index (χ1) is 9.58. The van der Waals surface area contributed by atoms with E-state index in [1.807, 2.05) is 17.5 Å². The molecule has 20 heavy (non-hydrogen) atoms. The normalized spacial score (nSPS) is 10.2. The Labute approximate surface area is 118 Å². The van der Waals surface area contributed by atoms with Crippen LogP contribution in [0.1, 0.15) is 15.2 Å². The number of carboxylic acid groups (broad SMARTS) is 1. The molecule has 0 unspecified atom stereocenters. The van der Waals surface area contributed by atoms with E-state index in [0.29, 0.717) is 18.8 Å². The molecule has 2 rings (SSSR count). The van der Waals surface area contributed by atoms with Gasteiger partial charge in [-0.3, -0.25) is 10.1 Å². The first kappa shape index (κ1) is 14.0. The number of thiophene rings is 1. The van der Waals surface area contributed by atoms with Crippen LogP contribution in [-0.4, -0.2) is 22.6 Å². The molecule has 2 aromatic rings. The largest absolute Gasteiger partial charge is 0.493 e. The summed E-state index contributed by atoms with van der Waals surface area (Å²) in [6.07, 6.45) is 0.705.